The first-order valence-electron chi connectivity index (χ1n) is 46.4. The summed E-state index contributed by atoms with van der Waals surface area (Å²) in [6, 6.07) is 57.7. The molecule has 0 saturated carbocycles. The molecule has 14 heteroatoms. The molecule has 0 aromatic heterocycles. The Hall–Kier alpha value is -16.3. The Morgan fingerprint density at radius 2 is 0.544 bits per heavy atom. The van der Waals surface area contributed by atoms with E-state index >= 15 is 0 Å². The fraction of sp³-hybridized carbons (Fsp3) is 0.262. The summed E-state index contributed by atoms with van der Waals surface area (Å²) >= 11 is 0. The second-order valence-electron chi connectivity index (χ2n) is 34.0. The van der Waals surface area contributed by atoms with Crippen molar-refractivity contribution in [2.24, 2.45) is 0 Å². The van der Waals surface area contributed by atoms with Crippen molar-refractivity contribution in [3.63, 3.8) is 0 Å². The van der Waals surface area contributed by atoms with Gasteiger partial charge in [0.25, 0.3) is 0 Å². The number of carbonyl (C=O) groups excluding carboxylic acids is 5. The summed E-state index contributed by atoms with van der Waals surface area (Å²) in [6.45, 7) is 42.6. The van der Waals surface area contributed by atoms with E-state index in [1.807, 2.05) is 45.0 Å². The van der Waals surface area contributed by atoms with E-state index in [0.717, 1.165) is 62.5 Å². The number of ketones is 3. The van der Waals surface area contributed by atoms with Gasteiger partial charge in [-0.1, -0.05) is 219 Å². The van der Waals surface area contributed by atoms with Gasteiger partial charge < -0.3 is 18.9 Å². The van der Waals surface area contributed by atoms with Crippen LogP contribution in [0.1, 0.15) is 343 Å². The van der Waals surface area contributed by atoms with Gasteiger partial charge in [-0.2, -0.15) is 10.5 Å². The van der Waals surface area contributed by atoms with Gasteiger partial charge >= 0.3 is 11.9 Å². The van der Waals surface area contributed by atoms with Gasteiger partial charge in [0, 0.05) is 61.2 Å². The first-order valence-corrected chi connectivity index (χ1v) is 46.4. The lowest BCUT2D eigenvalue weighted by molar-refractivity contribution is 0.0591. The third-order valence-electron chi connectivity index (χ3n) is 23.3. The average Bonchev–Trinajstić information content (AvgIpc) is 0.963. The molecule has 10 aromatic rings. The SMILES string of the molecule is [C-]#[N+]/C1=C\c2cc(C#Cc3ccc(C(=O)OC)cc3OCCCCCCCCCCCC)cc(c2)/C(C#N)=C/c2cc(C#Cc3ccc(C(=O)OC)cc3C)cc(c2)/C(C#N)=C/c2cc(C#Cc3ccc(C(C)=O)cc3C)cc(c2)/C([N+]#[C-])=C/c2cc(C#Cc3ccc(C(C)=O)cc3C)cc(c2)/C([N+]#[C-])=C/c2cc(C#Cc3ccc(C(C)=O)cc3OCCCCCCCCCCCC)cc1c2. The fourth-order valence-corrected chi connectivity index (χ4v) is 15.8. The third kappa shape index (κ3) is 29.3. The summed E-state index contributed by atoms with van der Waals surface area (Å²) in [7, 11) is 2.63. The lowest BCUT2D eigenvalue weighted by Crippen LogP contribution is -2.04. The molecule has 0 saturated heterocycles. The number of carbonyl (C=O) groups is 5. The topological polar surface area (TPSA) is 183 Å². The molecule has 0 aliphatic heterocycles. The maximum Gasteiger partial charge on any atom is 0.337 e. The first kappa shape index (κ1) is 100. The zero-order valence-corrected chi connectivity index (χ0v) is 79.2. The molecule has 0 unspecified atom stereocenters. The molecule has 0 N–H and O–H groups in total. The van der Waals surface area contributed by atoms with Crippen LogP contribution < -0.4 is 9.47 Å². The minimum absolute atomic E-state index is 0.0987. The van der Waals surface area contributed by atoms with Crippen molar-refractivity contribution in [2.75, 3.05) is 27.4 Å². The number of methoxy groups -OCH3 is 2. The monoisotopic (exact) mass is 1790 g/mol. The molecule has 10 aromatic carbocycles. The molecular weight excluding hydrogens is 1680 g/mol. The highest BCUT2D eigenvalue weighted by atomic mass is 16.5. The molecule has 0 heterocycles. The molecule has 676 valence electrons. The third-order valence-corrected chi connectivity index (χ3v) is 23.3. The Morgan fingerprint density at radius 3 is 0.838 bits per heavy atom. The number of benzene rings is 10. The second-order valence-corrected chi connectivity index (χ2v) is 34.0. The minimum atomic E-state index is -0.552. The maximum atomic E-state index is 13.2. The molecular formula is C122H109N5O9. The highest BCUT2D eigenvalue weighted by Crippen LogP contribution is 2.35. The van der Waals surface area contributed by atoms with E-state index in [-0.39, 0.29) is 51.2 Å². The van der Waals surface area contributed by atoms with E-state index in [0.29, 0.717) is 164 Å². The van der Waals surface area contributed by atoms with Crippen molar-refractivity contribution in [3.8, 4) is 82.8 Å². The number of esters is 2. The number of nitrogens with zero attached hydrogens (tertiary/aromatic N) is 5. The molecule has 11 rings (SSSR count). The summed E-state index contributed by atoms with van der Waals surface area (Å²) in [4.78, 5) is 76.8. The summed E-state index contributed by atoms with van der Waals surface area (Å²) < 4.78 is 23.2. The van der Waals surface area contributed by atoms with E-state index in [1.54, 1.807) is 188 Å². The number of hydrogen-bond acceptors (Lipinski definition) is 11. The minimum Gasteiger partial charge on any atom is -0.492 e. The molecule has 1 aliphatic rings. The van der Waals surface area contributed by atoms with Crippen LogP contribution in [0.5, 0.6) is 11.5 Å². The van der Waals surface area contributed by atoms with Crippen LogP contribution in [-0.2, 0) is 9.47 Å². The Balaban J connectivity index is 1.17. The number of allylic oxidation sites excluding steroid dienone is 2. The van der Waals surface area contributed by atoms with Crippen LogP contribution in [0.15, 0.2) is 182 Å². The Kier molecular flexibility index (Phi) is 37.5. The zero-order chi connectivity index (χ0) is 96.8. The predicted molar refractivity (Wildman–Crippen MR) is 546 cm³/mol. The number of hydrogen-bond donors (Lipinski definition) is 0. The molecule has 14 nitrogen and oxygen atoms in total. The molecule has 0 spiro atoms. The van der Waals surface area contributed by atoms with Crippen molar-refractivity contribution in [3.05, 3.63) is 372 Å². The molecule has 136 heavy (non-hydrogen) atoms. The van der Waals surface area contributed by atoms with Crippen molar-refractivity contribution in [1.29, 1.82) is 10.5 Å². The van der Waals surface area contributed by atoms with Crippen LogP contribution in [0.3, 0.4) is 0 Å². The van der Waals surface area contributed by atoms with E-state index in [9.17, 15) is 41.1 Å². The van der Waals surface area contributed by atoms with Gasteiger partial charge in [-0.3, -0.25) is 14.4 Å². The molecule has 10 bridgehead atoms. The number of aryl methyl sites for hydroxylation is 3. The quantitative estimate of drug-likeness (QED) is 0.0143. The summed E-state index contributed by atoms with van der Waals surface area (Å²) in [6.07, 6.45) is 31.2. The highest BCUT2D eigenvalue weighted by molar-refractivity contribution is 5.99. The Bertz CT molecular complexity index is 7020. The average molecular weight is 1790 g/mol. The van der Waals surface area contributed by atoms with Gasteiger partial charge in [-0.15, -0.1) is 0 Å². The Labute approximate surface area is 802 Å². The lowest BCUT2D eigenvalue weighted by Gasteiger charge is -2.10. The van der Waals surface area contributed by atoms with E-state index in [2.05, 4.69) is 99.7 Å². The van der Waals surface area contributed by atoms with Gasteiger partial charge in [0.2, 0.25) is 0 Å². The maximum absolute atomic E-state index is 13.2. The number of Topliss-reactive ketones (excluding diaryl/α,β-unsaturated/α-hetero) is 3. The number of ether oxygens (including phenoxy) is 4. The predicted octanol–water partition coefficient (Wildman–Crippen LogP) is 28.1. The van der Waals surface area contributed by atoms with Crippen molar-refractivity contribution < 1.29 is 42.9 Å². The van der Waals surface area contributed by atoms with Gasteiger partial charge in [0.05, 0.1) is 92.7 Å². The molecule has 0 atom stereocenters. The van der Waals surface area contributed by atoms with Crippen LogP contribution in [0.25, 0.3) is 73.2 Å². The summed E-state index contributed by atoms with van der Waals surface area (Å²) in [5.74, 6) is 32.8. The highest BCUT2D eigenvalue weighted by Gasteiger charge is 2.19. The van der Waals surface area contributed by atoms with Crippen LogP contribution in [0.4, 0.5) is 0 Å². The smallest absolute Gasteiger partial charge is 0.337 e. The standard InChI is InChI=1S/C122H109N5O9/c1-14-16-18-20-22-24-26-28-30-32-54-135-119-79-106(88(8)130)51-47-102(119)43-38-93-63-98-73-113(68-93)116(125-9)76-96-61-90(37-42-103-48-53-108(122(132)134-13)80-120(103)136-55-33-31-29-27-25-23-21-19-17-15-2)65-110(70-96)114(81-123)74-94-59-89(34-39-101-46-52-107(58-85(101)5)121(131)133-12)64-109(69-94)115(82-124)75-95-60-91(35-40-99-44-49-104(86(6)128)56-83(99)3)66-111(71-95)117(126-10)77-97-62-92(67-112(72-97)118(78-98)127-11)36-41-100-45-50-105(87(7)129)57-84(100)4/h44-53,56-80H,14-33,54-55H2,1-8,12-13H3/b114-74+,115-75+,116-76-,117-77-,118-78-. The van der Waals surface area contributed by atoms with Gasteiger partial charge in [-0.25, -0.2) is 24.1 Å². The molecule has 1 aliphatic carbocycles. The van der Waals surface area contributed by atoms with Gasteiger partial charge in [-0.05, 0) is 309 Å². The van der Waals surface area contributed by atoms with Crippen LogP contribution in [0.2, 0.25) is 0 Å². The van der Waals surface area contributed by atoms with Crippen molar-refractivity contribution in [1.82, 2.24) is 0 Å². The summed E-state index contributed by atoms with van der Waals surface area (Å²) in [5.41, 5.74) is 14.4. The molecule has 0 fully saturated rings. The zero-order valence-electron chi connectivity index (χ0n) is 79.2. The number of unbranched alkanes of at least 4 members (excludes halogenated alkanes) is 18. The van der Waals surface area contributed by atoms with E-state index in [4.69, 9.17) is 32.1 Å². The second kappa shape index (κ2) is 50.9. The van der Waals surface area contributed by atoms with E-state index < -0.39 is 11.9 Å². The lowest BCUT2D eigenvalue weighted by atomic mass is 9.94. The van der Waals surface area contributed by atoms with Crippen LogP contribution in [0, 0.1) is 122 Å². The van der Waals surface area contributed by atoms with E-state index in [1.165, 1.54) is 112 Å². The number of nitriles is 2. The Morgan fingerprint density at radius 1 is 0.294 bits per heavy atom. The van der Waals surface area contributed by atoms with Gasteiger partial charge in [0.1, 0.15) is 11.5 Å². The van der Waals surface area contributed by atoms with Crippen LogP contribution >= 0.6 is 0 Å². The molecule has 0 radical (unpaired) electrons. The number of rotatable bonds is 29. The van der Waals surface area contributed by atoms with Crippen molar-refractivity contribution >= 4 is 87.9 Å². The van der Waals surface area contributed by atoms with Crippen LogP contribution in [-0.4, -0.2) is 56.7 Å². The first-order chi connectivity index (χ1) is 66.0. The van der Waals surface area contributed by atoms with Crippen molar-refractivity contribution in [2.45, 2.75) is 184 Å². The fourth-order valence-electron chi connectivity index (χ4n) is 15.8. The summed E-state index contributed by atoms with van der Waals surface area (Å²) in [5, 5.41) is 23.4. The largest absolute Gasteiger partial charge is 0.492 e. The normalized spacial score (nSPS) is 13.2. The van der Waals surface area contributed by atoms with Gasteiger partial charge in [0.15, 0.2) is 34.4 Å². The number of fused-ring (bicyclic) bond motifs is 10. The molecule has 0 amide bonds.